The molecule has 0 heterocycles. The highest BCUT2D eigenvalue weighted by Crippen LogP contribution is 2.13. The van der Waals surface area contributed by atoms with Gasteiger partial charge in [0.2, 0.25) is 5.91 Å². The second-order valence-electron chi connectivity index (χ2n) is 4.20. The lowest BCUT2D eigenvalue weighted by Crippen LogP contribution is -2.32. The molecule has 2 aromatic rings. The van der Waals surface area contributed by atoms with Gasteiger partial charge in [0.25, 0.3) is 0 Å². The highest BCUT2D eigenvalue weighted by atomic mass is 19.1. The predicted molar refractivity (Wildman–Crippen MR) is 74.6 cm³/mol. The van der Waals surface area contributed by atoms with Gasteiger partial charge in [-0.3, -0.25) is 4.79 Å². The van der Waals surface area contributed by atoms with Crippen LogP contribution in [0.2, 0.25) is 0 Å². The number of rotatable bonds is 4. The minimum atomic E-state index is -0.456. The number of hydrogen-bond donors (Lipinski definition) is 2. The molecule has 0 unspecified atom stereocenters. The molecule has 0 aliphatic rings. The Labute approximate surface area is 111 Å². The Balaban J connectivity index is 1.99. The lowest BCUT2D eigenvalue weighted by atomic mass is 10.2. The lowest BCUT2D eigenvalue weighted by molar-refractivity contribution is -0.116. The van der Waals surface area contributed by atoms with Gasteiger partial charge in [-0.25, -0.2) is 4.39 Å². The normalized spacial score (nSPS) is 11.7. The van der Waals surface area contributed by atoms with Crippen molar-refractivity contribution >= 4 is 17.3 Å². The van der Waals surface area contributed by atoms with Crippen LogP contribution in [0, 0.1) is 5.82 Å². The fraction of sp³-hybridized carbons (Fsp3) is 0.133. The summed E-state index contributed by atoms with van der Waals surface area (Å²) in [5.41, 5.74) is 1.04. The second-order valence-corrected chi connectivity index (χ2v) is 4.20. The molecular formula is C15H15FN2O. The van der Waals surface area contributed by atoms with Gasteiger partial charge in [0.1, 0.15) is 11.9 Å². The number of carbonyl (C=O) groups excluding carboxylic acids is 1. The zero-order chi connectivity index (χ0) is 13.7. The molecule has 98 valence electrons. The topological polar surface area (TPSA) is 41.1 Å². The van der Waals surface area contributed by atoms with E-state index < -0.39 is 11.9 Å². The van der Waals surface area contributed by atoms with E-state index in [9.17, 15) is 9.18 Å². The van der Waals surface area contributed by atoms with Crippen molar-refractivity contribution in [1.82, 2.24) is 0 Å². The molecule has 0 aliphatic heterocycles. The van der Waals surface area contributed by atoms with E-state index in [-0.39, 0.29) is 11.6 Å². The third-order valence-corrected chi connectivity index (χ3v) is 2.68. The molecule has 0 aliphatic carbocycles. The standard InChI is InChI=1S/C15H15FN2O/c1-11(17-12-7-3-2-4-8-12)15(19)18-14-10-6-5-9-13(14)16/h2-11,17H,1H3,(H,18,19)/t11-/m1/s1. The fourth-order valence-electron chi connectivity index (χ4n) is 1.65. The molecular weight excluding hydrogens is 243 g/mol. The van der Waals surface area contributed by atoms with Crippen molar-refractivity contribution in [2.24, 2.45) is 0 Å². The van der Waals surface area contributed by atoms with Crippen LogP contribution < -0.4 is 10.6 Å². The van der Waals surface area contributed by atoms with Gasteiger partial charge in [-0.15, -0.1) is 0 Å². The van der Waals surface area contributed by atoms with Crippen LogP contribution >= 0.6 is 0 Å². The molecule has 0 fully saturated rings. The second kappa shape index (κ2) is 6.00. The van der Waals surface area contributed by atoms with Crippen LogP contribution in [-0.4, -0.2) is 11.9 Å². The molecule has 0 radical (unpaired) electrons. The zero-order valence-electron chi connectivity index (χ0n) is 10.6. The van der Waals surface area contributed by atoms with Crippen molar-refractivity contribution in [3.8, 4) is 0 Å². The number of carbonyl (C=O) groups is 1. The number of anilines is 2. The van der Waals surface area contributed by atoms with Crippen LogP contribution in [0.4, 0.5) is 15.8 Å². The summed E-state index contributed by atoms with van der Waals surface area (Å²) >= 11 is 0. The summed E-state index contributed by atoms with van der Waals surface area (Å²) in [5.74, 6) is -0.725. The molecule has 0 spiro atoms. The van der Waals surface area contributed by atoms with Crippen molar-refractivity contribution in [2.45, 2.75) is 13.0 Å². The summed E-state index contributed by atoms with van der Waals surface area (Å²) in [6, 6.07) is 15.0. The van der Waals surface area contributed by atoms with Gasteiger partial charge < -0.3 is 10.6 Å². The molecule has 1 amide bonds. The Morgan fingerprint density at radius 3 is 2.37 bits per heavy atom. The molecule has 3 nitrogen and oxygen atoms in total. The van der Waals surface area contributed by atoms with E-state index in [0.29, 0.717) is 0 Å². The van der Waals surface area contributed by atoms with Crippen molar-refractivity contribution in [3.63, 3.8) is 0 Å². The first-order valence-corrected chi connectivity index (χ1v) is 6.04. The molecule has 2 N–H and O–H groups in total. The van der Waals surface area contributed by atoms with E-state index in [1.54, 1.807) is 19.1 Å². The van der Waals surface area contributed by atoms with Gasteiger partial charge >= 0.3 is 0 Å². The maximum atomic E-state index is 13.4. The number of hydrogen-bond acceptors (Lipinski definition) is 2. The first-order valence-electron chi connectivity index (χ1n) is 6.04. The first kappa shape index (κ1) is 13.1. The van der Waals surface area contributed by atoms with E-state index in [0.717, 1.165) is 5.69 Å². The highest BCUT2D eigenvalue weighted by molar-refractivity contribution is 5.96. The van der Waals surface area contributed by atoms with Crippen molar-refractivity contribution in [2.75, 3.05) is 10.6 Å². The van der Waals surface area contributed by atoms with Crippen LogP contribution in [-0.2, 0) is 4.79 Å². The Morgan fingerprint density at radius 1 is 1.05 bits per heavy atom. The number of nitrogens with one attached hydrogen (secondary N) is 2. The molecule has 0 bridgehead atoms. The van der Waals surface area contributed by atoms with E-state index in [2.05, 4.69) is 10.6 Å². The van der Waals surface area contributed by atoms with Crippen molar-refractivity contribution < 1.29 is 9.18 Å². The Bertz CT molecular complexity index is 557. The number of amides is 1. The smallest absolute Gasteiger partial charge is 0.246 e. The molecule has 4 heteroatoms. The van der Waals surface area contributed by atoms with Gasteiger partial charge in [0.15, 0.2) is 0 Å². The molecule has 0 saturated heterocycles. The molecule has 0 aromatic heterocycles. The van der Waals surface area contributed by atoms with Crippen molar-refractivity contribution in [1.29, 1.82) is 0 Å². The van der Waals surface area contributed by atoms with Gasteiger partial charge in [-0.1, -0.05) is 30.3 Å². The number of benzene rings is 2. The average Bonchev–Trinajstić information content (AvgIpc) is 2.42. The van der Waals surface area contributed by atoms with Crippen LogP contribution in [0.3, 0.4) is 0 Å². The summed E-state index contributed by atoms with van der Waals surface area (Å²) in [5, 5.41) is 5.60. The minimum Gasteiger partial charge on any atom is -0.374 e. The monoisotopic (exact) mass is 258 g/mol. The maximum Gasteiger partial charge on any atom is 0.246 e. The summed E-state index contributed by atoms with van der Waals surface area (Å²) in [6.07, 6.45) is 0. The maximum absolute atomic E-state index is 13.4. The number of halogens is 1. The third-order valence-electron chi connectivity index (χ3n) is 2.68. The van der Waals surface area contributed by atoms with Crippen LogP contribution in [0.1, 0.15) is 6.92 Å². The summed E-state index contributed by atoms with van der Waals surface area (Å²) < 4.78 is 13.4. The molecule has 2 aromatic carbocycles. The fourth-order valence-corrected chi connectivity index (χ4v) is 1.65. The van der Waals surface area contributed by atoms with E-state index >= 15 is 0 Å². The first-order chi connectivity index (χ1) is 9.16. The Morgan fingerprint density at radius 2 is 1.68 bits per heavy atom. The van der Waals surface area contributed by atoms with Crippen molar-refractivity contribution in [3.05, 3.63) is 60.4 Å². The summed E-state index contributed by atoms with van der Waals surface area (Å²) in [6.45, 7) is 1.73. The van der Waals surface area contributed by atoms with Crippen LogP contribution in [0.15, 0.2) is 54.6 Å². The van der Waals surface area contributed by atoms with Gasteiger partial charge in [0, 0.05) is 5.69 Å². The zero-order valence-corrected chi connectivity index (χ0v) is 10.6. The summed E-state index contributed by atoms with van der Waals surface area (Å²) in [7, 11) is 0. The molecule has 0 saturated carbocycles. The van der Waals surface area contributed by atoms with Gasteiger partial charge in [0.05, 0.1) is 5.69 Å². The minimum absolute atomic E-state index is 0.189. The lowest BCUT2D eigenvalue weighted by Gasteiger charge is -2.15. The quantitative estimate of drug-likeness (QED) is 0.883. The number of para-hydroxylation sites is 2. The van der Waals surface area contributed by atoms with E-state index in [1.165, 1.54) is 12.1 Å². The SMILES string of the molecule is C[C@@H](Nc1ccccc1)C(=O)Nc1ccccc1F. The predicted octanol–water partition coefficient (Wildman–Crippen LogP) is 3.26. The van der Waals surface area contributed by atoms with Gasteiger partial charge in [-0.05, 0) is 31.2 Å². The third kappa shape index (κ3) is 3.55. The van der Waals surface area contributed by atoms with E-state index in [1.807, 2.05) is 30.3 Å². The van der Waals surface area contributed by atoms with Gasteiger partial charge in [-0.2, -0.15) is 0 Å². The Hall–Kier alpha value is -2.36. The summed E-state index contributed by atoms with van der Waals surface area (Å²) in [4.78, 5) is 11.9. The molecule has 2 rings (SSSR count). The average molecular weight is 258 g/mol. The molecule has 19 heavy (non-hydrogen) atoms. The van der Waals surface area contributed by atoms with Crippen LogP contribution in [0.5, 0.6) is 0 Å². The largest absolute Gasteiger partial charge is 0.374 e. The van der Waals surface area contributed by atoms with E-state index in [4.69, 9.17) is 0 Å². The Kier molecular flexibility index (Phi) is 4.13. The van der Waals surface area contributed by atoms with Crippen LogP contribution in [0.25, 0.3) is 0 Å². The molecule has 1 atom stereocenters. The highest BCUT2D eigenvalue weighted by Gasteiger charge is 2.14.